The largest absolute Gasteiger partial charge is 0.497 e. The van der Waals surface area contributed by atoms with Crippen LogP contribution in [0.4, 0.5) is 5.00 Å². The number of hydrogen-bond donors (Lipinski definition) is 2. The topological polar surface area (TPSA) is 122 Å². The first-order valence-corrected chi connectivity index (χ1v) is 13.1. The van der Waals surface area contributed by atoms with E-state index in [1.54, 1.807) is 31.4 Å². The van der Waals surface area contributed by atoms with Crippen molar-refractivity contribution in [3.8, 4) is 11.8 Å². The Morgan fingerprint density at radius 3 is 2.74 bits per heavy atom. The van der Waals surface area contributed by atoms with Crippen molar-refractivity contribution in [3.05, 3.63) is 51.7 Å². The van der Waals surface area contributed by atoms with E-state index in [4.69, 9.17) is 4.74 Å². The van der Waals surface area contributed by atoms with Crippen LogP contribution in [-0.4, -0.2) is 46.0 Å². The van der Waals surface area contributed by atoms with E-state index >= 15 is 0 Å². The van der Waals surface area contributed by atoms with Crippen molar-refractivity contribution in [2.75, 3.05) is 24.7 Å². The number of nitrogens with one attached hydrogen (secondary N) is 2. The number of ether oxygens (including phenoxy) is 1. The van der Waals surface area contributed by atoms with E-state index in [9.17, 15) is 14.9 Å². The summed E-state index contributed by atoms with van der Waals surface area (Å²) in [6.45, 7) is 0.405. The van der Waals surface area contributed by atoms with Crippen molar-refractivity contribution in [1.82, 2.24) is 20.1 Å². The van der Waals surface area contributed by atoms with Gasteiger partial charge in [0.25, 0.3) is 5.91 Å². The third kappa shape index (κ3) is 5.83. The summed E-state index contributed by atoms with van der Waals surface area (Å²) in [5, 5.41) is 25.0. The second-order valence-electron chi connectivity index (χ2n) is 8.06. The lowest BCUT2D eigenvalue weighted by Crippen LogP contribution is -2.26. The Hall–Kier alpha value is -3.36. The highest BCUT2D eigenvalue weighted by molar-refractivity contribution is 7.99. The van der Waals surface area contributed by atoms with Gasteiger partial charge in [-0.15, -0.1) is 21.5 Å². The number of nitrogens with zero attached hydrogens (tertiary/aromatic N) is 4. The SMILES string of the molecule is COc1ccc(C(=O)NCCc2nnc(SCC(=O)Nc3sc4c(c3C#N)CCCC4)n2C)cc1. The molecule has 9 nitrogen and oxygen atoms in total. The molecule has 0 atom stereocenters. The molecule has 4 rings (SSSR count). The smallest absolute Gasteiger partial charge is 0.251 e. The monoisotopic (exact) mass is 510 g/mol. The van der Waals surface area contributed by atoms with Crippen molar-refractivity contribution >= 4 is 39.9 Å². The minimum Gasteiger partial charge on any atom is -0.497 e. The molecule has 1 aliphatic rings. The van der Waals surface area contributed by atoms with Crippen LogP contribution in [0.15, 0.2) is 29.4 Å². The molecule has 2 amide bonds. The molecule has 35 heavy (non-hydrogen) atoms. The first-order valence-electron chi connectivity index (χ1n) is 11.3. The van der Waals surface area contributed by atoms with Gasteiger partial charge in [-0.1, -0.05) is 11.8 Å². The fourth-order valence-corrected chi connectivity index (χ4v) is 5.87. The van der Waals surface area contributed by atoms with Crippen LogP contribution >= 0.6 is 23.1 Å². The molecule has 0 aliphatic heterocycles. The summed E-state index contributed by atoms with van der Waals surface area (Å²) in [6.07, 6.45) is 4.59. The van der Waals surface area contributed by atoms with Gasteiger partial charge >= 0.3 is 0 Å². The molecule has 11 heteroatoms. The number of aromatic nitrogens is 3. The van der Waals surface area contributed by atoms with E-state index < -0.39 is 0 Å². The van der Waals surface area contributed by atoms with Crippen molar-refractivity contribution in [2.24, 2.45) is 7.05 Å². The summed E-state index contributed by atoms with van der Waals surface area (Å²) >= 11 is 2.80. The molecule has 182 valence electrons. The molecule has 0 fully saturated rings. The van der Waals surface area contributed by atoms with E-state index in [0.717, 1.165) is 31.2 Å². The average molecular weight is 511 g/mol. The minimum atomic E-state index is -0.179. The number of carbonyl (C=O) groups excluding carboxylic acids is 2. The molecule has 2 heterocycles. The number of aryl methyl sites for hydroxylation is 1. The summed E-state index contributed by atoms with van der Waals surface area (Å²) < 4.78 is 6.93. The Labute approximate surface area is 211 Å². The average Bonchev–Trinajstić information content (AvgIpc) is 3.41. The van der Waals surface area contributed by atoms with E-state index in [1.807, 2.05) is 11.6 Å². The summed E-state index contributed by atoms with van der Waals surface area (Å²) in [7, 11) is 3.41. The zero-order valence-electron chi connectivity index (χ0n) is 19.6. The van der Waals surface area contributed by atoms with Gasteiger partial charge in [-0.05, 0) is 55.5 Å². The fourth-order valence-electron chi connectivity index (χ4n) is 3.89. The molecule has 0 bridgehead atoms. The molecule has 2 aromatic heterocycles. The van der Waals surface area contributed by atoms with Crippen molar-refractivity contribution in [3.63, 3.8) is 0 Å². The number of fused-ring (bicyclic) bond motifs is 1. The molecule has 3 aromatic rings. The van der Waals surface area contributed by atoms with Gasteiger partial charge in [-0.2, -0.15) is 5.26 Å². The second-order valence-corrected chi connectivity index (χ2v) is 10.1. The molecule has 2 N–H and O–H groups in total. The number of benzene rings is 1. The highest BCUT2D eigenvalue weighted by Crippen LogP contribution is 2.37. The molecule has 0 unspecified atom stereocenters. The summed E-state index contributed by atoms with van der Waals surface area (Å²) in [5.41, 5.74) is 2.27. The number of thioether (sulfide) groups is 1. The maximum atomic E-state index is 12.6. The van der Waals surface area contributed by atoms with E-state index in [-0.39, 0.29) is 17.6 Å². The maximum Gasteiger partial charge on any atom is 0.251 e. The Kier molecular flexibility index (Phi) is 8.05. The van der Waals surface area contributed by atoms with E-state index in [0.29, 0.717) is 45.8 Å². The third-order valence-electron chi connectivity index (χ3n) is 5.78. The zero-order chi connectivity index (χ0) is 24.8. The maximum absolute atomic E-state index is 12.6. The van der Waals surface area contributed by atoms with Crippen LogP contribution in [0.5, 0.6) is 5.75 Å². The van der Waals surface area contributed by atoms with Crippen LogP contribution < -0.4 is 15.4 Å². The lowest BCUT2D eigenvalue weighted by atomic mass is 9.96. The Bertz CT molecular complexity index is 1260. The van der Waals surface area contributed by atoms with Crippen molar-refractivity contribution in [1.29, 1.82) is 5.26 Å². The number of amides is 2. The van der Waals surface area contributed by atoms with Gasteiger partial charge in [-0.25, -0.2) is 0 Å². The highest BCUT2D eigenvalue weighted by atomic mass is 32.2. The first kappa shape index (κ1) is 24.8. The molecule has 0 saturated carbocycles. The molecule has 0 saturated heterocycles. The number of methoxy groups -OCH3 is 1. The Morgan fingerprint density at radius 2 is 2.00 bits per heavy atom. The fraction of sp³-hybridized carbons (Fsp3) is 0.375. The quantitative estimate of drug-likeness (QED) is 0.423. The van der Waals surface area contributed by atoms with Gasteiger partial charge in [-0.3, -0.25) is 9.59 Å². The van der Waals surface area contributed by atoms with Gasteiger partial charge in [0.05, 0.1) is 18.4 Å². The van der Waals surface area contributed by atoms with Gasteiger partial charge in [0, 0.05) is 30.5 Å². The number of anilines is 1. The first-order chi connectivity index (χ1) is 17.0. The van der Waals surface area contributed by atoms with Gasteiger partial charge in [0.15, 0.2) is 5.16 Å². The highest BCUT2D eigenvalue weighted by Gasteiger charge is 2.22. The molecular weight excluding hydrogens is 484 g/mol. The predicted octanol–water partition coefficient (Wildman–Crippen LogP) is 3.34. The predicted molar refractivity (Wildman–Crippen MR) is 135 cm³/mol. The number of hydrogen-bond acceptors (Lipinski definition) is 8. The molecule has 1 aromatic carbocycles. The number of thiophene rings is 1. The summed E-state index contributed by atoms with van der Waals surface area (Å²) in [5.74, 6) is 1.21. The van der Waals surface area contributed by atoms with E-state index in [1.165, 1.54) is 28.0 Å². The zero-order valence-corrected chi connectivity index (χ0v) is 21.2. The number of nitriles is 1. The van der Waals surface area contributed by atoms with Crippen molar-refractivity contribution in [2.45, 2.75) is 37.3 Å². The molecule has 0 radical (unpaired) electrons. The molecule has 0 spiro atoms. The number of rotatable bonds is 9. The van der Waals surface area contributed by atoms with Crippen LogP contribution in [0, 0.1) is 11.3 Å². The summed E-state index contributed by atoms with van der Waals surface area (Å²) in [4.78, 5) is 26.1. The lowest BCUT2D eigenvalue weighted by Gasteiger charge is -2.09. The Balaban J connectivity index is 1.27. The normalized spacial score (nSPS) is 12.5. The lowest BCUT2D eigenvalue weighted by molar-refractivity contribution is -0.113. The van der Waals surface area contributed by atoms with Crippen LogP contribution in [-0.2, 0) is 31.1 Å². The molecule has 1 aliphatic carbocycles. The van der Waals surface area contributed by atoms with Crippen LogP contribution in [0.25, 0.3) is 0 Å². The molecular formula is C24H26N6O3S2. The van der Waals surface area contributed by atoms with Crippen LogP contribution in [0.1, 0.15) is 45.0 Å². The Morgan fingerprint density at radius 1 is 1.23 bits per heavy atom. The van der Waals surface area contributed by atoms with Crippen molar-refractivity contribution < 1.29 is 14.3 Å². The number of carbonyl (C=O) groups is 2. The second kappa shape index (κ2) is 11.4. The minimum absolute atomic E-state index is 0.160. The van der Waals surface area contributed by atoms with E-state index in [2.05, 4.69) is 26.9 Å². The standard InChI is InChI=1S/C24H26N6O3S2/c1-30-20(11-12-26-22(32)15-7-9-16(33-2)10-8-15)28-29-24(30)34-14-21(31)27-23-18(13-25)17-5-3-4-6-19(17)35-23/h7-10H,3-6,11-12,14H2,1-2H3,(H,26,32)(H,27,31). The van der Waals surface area contributed by atoms with Crippen LogP contribution in [0.2, 0.25) is 0 Å². The van der Waals surface area contributed by atoms with Gasteiger partial charge in [0.2, 0.25) is 5.91 Å². The third-order valence-corrected chi connectivity index (χ3v) is 8.01. The van der Waals surface area contributed by atoms with Gasteiger partial charge in [0.1, 0.15) is 22.6 Å². The van der Waals surface area contributed by atoms with Gasteiger partial charge < -0.3 is 19.9 Å². The van der Waals surface area contributed by atoms with Crippen LogP contribution in [0.3, 0.4) is 0 Å². The summed E-state index contributed by atoms with van der Waals surface area (Å²) in [6, 6.07) is 9.17.